The summed E-state index contributed by atoms with van der Waals surface area (Å²) in [4.78, 5) is 20.4. The average Bonchev–Trinajstić information content (AvgIpc) is 2.62. The minimum absolute atomic E-state index is 0.00103. The zero-order valence-corrected chi connectivity index (χ0v) is 12.6. The van der Waals surface area contributed by atoms with Gasteiger partial charge in [0, 0.05) is 24.7 Å². The Bertz CT molecular complexity index is 706. The quantitative estimate of drug-likeness (QED) is 0.783. The van der Waals surface area contributed by atoms with Gasteiger partial charge in [-0.2, -0.15) is 0 Å². The fraction of sp³-hybridized carbons (Fsp3) is 0.105. The number of rotatable bonds is 5. The molecule has 0 spiro atoms. The van der Waals surface area contributed by atoms with Crippen molar-refractivity contribution < 1.29 is 4.79 Å². The van der Waals surface area contributed by atoms with Crippen molar-refractivity contribution in [2.75, 3.05) is 5.32 Å². The van der Waals surface area contributed by atoms with Crippen LogP contribution in [0.25, 0.3) is 0 Å². The lowest BCUT2D eigenvalue weighted by atomic mass is 9.88. The van der Waals surface area contributed by atoms with Crippen molar-refractivity contribution >= 4 is 11.9 Å². The van der Waals surface area contributed by atoms with Crippen LogP contribution >= 0.6 is 0 Å². The highest BCUT2D eigenvalue weighted by Gasteiger charge is 2.18. The molecule has 0 fully saturated rings. The molecule has 0 saturated heterocycles. The molecule has 1 amide bonds. The lowest BCUT2D eigenvalue weighted by molar-refractivity contribution is -0.116. The molecule has 0 unspecified atom stereocenters. The standard InChI is InChI=1S/C19H17N3O/c23-18(22-19-20-12-7-13-21-19)14-17(15-8-3-1-4-9-15)16-10-5-2-6-11-16/h1-13,17H,14H2,(H,20,21,22,23). The van der Waals surface area contributed by atoms with Gasteiger partial charge in [0.1, 0.15) is 0 Å². The van der Waals surface area contributed by atoms with Gasteiger partial charge in [0.2, 0.25) is 11.9 Å². The van der Waals surface area contributed by atoms with Gasteiger partial charge < -0.3 is 0 Å². The second-order valence-corrected chi connectivity index (χ2v) is 5.20. The third-order valence-corrected chi connectivity index (χ3v) is 3.61. The highest BCUT2D eigenvalue weighted by atomic mass is 16.1. The van der Waals surface area contributed by atoms with E-state index in [1.165, 1.54) is 0 Å². The second-order valence-electron chi connectivity index (χ2n) is 5.20. The molecule has 2 aromatic carbocycles. The van der Waals surface area contributed by atoms with E-state index < -0.39 is 0 Å². The second kappa shape index (κ2) is 7.31. The number of amides is 1. The maximum atomic E-state index is 12.4. The molecule has 0 bridgehead atoms. The van der Waals surface area contributed by atoms with Gasteiger partial charge in [-0.3, -0.25) is 10.1 Å². The smallest absolute Gasteiger partial charge is 0.229 e. The Kier molecular flexibility index (Phi) is 4.74. The molecule has 0 aliphatic heterocycles. The van der Waals surface area contributed by atoms with Gasteiger partial charge in [0.25, 0.3) is 0 Å². The Hall–Kier alpha value is -3.01. The van der Waals surface area contributed by atoms with E-state index in [0.29, 0.717) is 12.4 Å². The van der Waals surface area contributed by atoms with Crippen molar-refractivity contribution in [3.8, 4) is 0 Å². The molecule has 4 heteroatoms. The molecule has 4 nitrogen and oxygen atoms in total. The Morgan fingerprint density at radius 3 is 1.87 bits per heavy atom. The summed E-state index contributed by atoms with van der Waals surface area (Å²) in [6, 6.07) is 21.8. The van der Waals surface area contributed by atoms with E-state index in [1.54, 1.807) is 18.5 Å². The number of hydrogen-bond acceptors (Lipinski definition) is 3. The van der Waals surface area contributed by atoms with Crippen molar-refractivity contribution in [3.63, 3.8) is 0 Å². The van der Waals surface area contributed by atoms with E-state index in [9.17, 15) is 4.79 Å². The van der Waals surface area contributed by atoms with Crippen LogP contribution in [0.15, 0.2) is 79.1 Å². The van der Waals surface area contributed by atoms with Gasteiger partial charge in [-0.25, -0.2) is 9.97 Å². The van der Waals surface area contributed by atoms with Crippen molar-refractivity contribution in [3.05, 3.63) is 90.3 Å². The van der Waals surface area contributed by atoms with Crippen LogP contribution in [0.5, 0.6) is 0 Å². The number of carbonyl (C=O) groups is 1. The van der Waals surface area contributed by atoms with E-state index in [2.05, 4.69) is 15.3 Å². The lowest BCUT2D eigenvalue weighted by Crippen LogP contribution is -2.17. The Balaban J connectivity index is 1.81. The molecule has 0 atom stereocenters. The first-order chi connectivity index (χ1) is 11.3. The number of aromatic nitrogens is 2. The van der Waals surface area contributed by atoms with E-state index in [1.807, 2.05) is 60.7 Å². The number of nitrogens with zero attached hydrogens (tertiary/aromatic N) is 2. The number of hydrogen-bond donors (Lipinski definition) is 1. The van der Waals surface area contributed by atoms with Gasteiger partial charge in [-0.1, -0.05) is 60.7 Å². The van der Waals surface area contributed by atoms with Gasteiger partial charge >= 0.3 is 0 Å². The normalized spacial score (nSPS) is 10.5. The highest BCUT2D eigenvalue weighted by Crippen LogP contribution is 2.28. The third kappa shape index (κ3) is 4.01. The Morgan fingerprint density at radius 2 is 1.35 bits per heavy atom. The summed E-state index contributed by atoms with van der Waals surface area (Å²) in [7, 11) is 0. The zero-order valence-electron chi connectivity index (χ0n) is 12.6. The molecule has 1 N–H and O–H groups in total. The average molecular weight is 303 g/mol. The number of anilines is 1. The zero-order chi connectivity index (χ0) is 15.9. The fourth-order valence-electron chi connectivity index (χ4n) is 2.52. The highest BCUT2D eigenvalue weighted by molar-refractivity contribution is 5.89. The molecule has 23 heavy (non-hydrogen) atoms. The van der Waals surface area contributed by atoms with E-state index in [-0.39, 0.29) is 11.8 Å². The third-order valence-electron chi connectivity index (χ3n) is 3.61. The SMILES string of the molecule is O=C(CC(c1ccccc1)c1ccccc1)Nc1ncccn1. The first-order valence-corrected chi connectivity index (χ1v) is 7.49. The molecule has 1 aromatic heterocycles. The van der Waals surface area contributed by atoms with E-state index >= 15 is 0 Å². The molecule has 0 aliphatic rings. The molecule has 0 aliphatic carbocycles. The summed E-state index contributed by atoms with van der Waals surface area (Å²) in [6.07, 6.45) is 3.55. The summed E-state index contributed by atoms with van der Waals surface area (Å²) >= 11 is 0. The van der Waals surface area contributed by atoms with Crippen molar-refractivity contribution in [2.45, 2.75) is 12.3 Å². The van der Waals surface area contributed by atoms with E-state index in [0.717, 1.165) is 11.1 Å². The van der Waals surface area contributed by atoms with Gasteiger partial charge in [0.05, 0.1) is 0 Å². The van der Waals surface area contributed by atoms with Crippen LogP contribution in [-0.4, -0.2) is 15.9 Å². The molecular formula is C19H17N3O. The van der Waals surface area contributed by atoms with Crippen molar-refractivity contribution in [1.82, 2.24) is 9.97 Å². The largest absolute Gasteiger partial charge is 0.295 e. The number of benzene rings is 2. The maximum Gasteiger partial charge on any atom is 0.229 e. The van der Waals surface area contributed by atoms with E-state index in [4.69, 9.17) is 0 Å². The van der Waals surface area contributed by atoms with Gasteiger partial charge in [-0.15, -0.1) is 0 Å². The van der Waals surface area contributed by atoms with Crippen LogP contribution in [0.4, 0.5) is 5.95 Å². The Morgan fingerprint density at radius 1 is 0.826 bits per heavy atom. The maximum absolute atomic E-state index is 12.4. The fourth-order valence-corrected chi connectivity index (χ4v) is 2.52. The van der Waals surface area contributed by atoms with Crippen LogP contribution in [0.1, 0.15) is 23.5 Å². The summed E-state index contributed by atoms with van der Waals surface area (Å²) in [5, 5.41) is 2.75. The minimum atomic E-state index is -0.103. The summed E-state index contributed by atoms with van der Waals surface area (Å²) in [5.74, 6) is 0.229. The van der Waals surface area contributed by atoms with Crippen molar-refractivity contribution in [1.29, 1.82) is 0 Å². The van der Waals surface area contributed by atoms with Crippen LogP contribution in [-0.2, 0) is 4.79 Å². The molecule has 3 rings (SSSR count). The minimum Gasteiger partial charge on any atom is -0.295 e. The Labute approximate surface area is 135 Å². The monoisotopic (exact) mass is 303 g/mol. The predicted octanol–water partition coefficient (Wildman–Crippen LogP) is 3.64. The van der Waals surface area contributed by atoms with Crippen LogP contribution in [0.2, 0.25) is 0 Å². The lowest BCUT2D eigenvalue weighted by Gasteiger charge is -2.17. The summed E-state index contributed by atoms with van der Waals surface area (Å²) in [5.41, 5.74) is 2.23. The summed E-state index contributed by atoms with van der Waals surface area (Å²) in [6.45, 7) is 0. The van der Waals surface area contributed by atoms with Crippen LogP contribution < -0.4 is 5.32 Å². The van der Waals surface area contributed by atoms with Crippen LogP contribution in [0.3, 0.4) is 0 Å². The first-order valence-electron chi connectivity index (χ1n) is 7.49. The van der Waals surface area contributed by atoms with Gasteiger partial charge in [-0.05, 0) is 17.2 Å². The number of nitrogens with one attached hydrogen (secondary N) is 1. The summed E-state index contributed by atoms with van der Waals surface area (Å²) < 4.78 is 0. The van der Waals surface area contributed by atoms with Gasteiger partial charge in [0.15, 0.2) is 0 Å². The number of carbonyl (C=O) groups excluding carboxylic acids is 1. The van der Waals surface area contributed by atoms with Crippen molar-refractivity contribution in [2.24, 2.45) is 0 Å². The molecule has 3 aromatic rings. The van der Waals surface area contributed by atoms with Crippen LogP contribution in [0, 0.1) is 0 Å². The molecule has 114 valence electrons. The molecule has 0 radical (unpaired) electrons. The topological polar surface area (TPSA) is 54.9 Å². The predicted molar refractivity (Wildman–Crippen MR) is 90.0 cm³/mol. The molecule has 0 saturated carbocycles. The first kappa shape index (κ1) is 14.9. The molecular weight excluding hydrogens is 286 g/mol. The molecule has 1 heterocycles.